The fourth-order valence-corrected chi connectivity index (χ4v) is 1.77. The molecule has 0 unspecified atom stereocenters. The molecule has 0 bridgehead atoms. The fraction of sp³-hybridized carbons (Fsp3) is 0.200. The number of benzene rings is 1. The first kappa shape index (κ1) is 15.8. The summed E-state index contributed by atoms with van der Waals surface area (Å²) < 4.78 is 41.4. The molecule has 1 aromatic heterocycles. The van der Waals surface area contributed by atoms with Gasteiger partial charge in [0.15, 0.2) is 6.61 Å². The number of para-hydroxylation sites is 1. The van der Waals surface area contributed by atoms with Gasteiger partial charge in [0.05, 0.1) is 0 Å². The average molecular weight is 310 g/mol. The molecular weight excluding hydrogens is 297 g/mol. The van der Waals surface area contributed by atoms with Crippen LogP contribution < -0.4 is 9.64 Å². The number of aromatic nitrogens is 1. The van der Waals surface area contributed by atoms with Crippen molar-refractivity contribution in [1.82, 2.24) is 4.98 Å². The van der Waals surface area contributed by atoms with Crippen LogP contribution in [0.25, 0.3) is 0 Å². The van der Waals surface area contributed by atoms with Crippen LogP contribution >= 0.6 is 0 Å². The molecule has 0 saturated heterocycles. The molecule has 2 aromatic rings. The summed E-state index contributed by atoms with van der Waals surface area (Å²) in [5.41, 5.74) is 0.580. The van der Waals surface area contributed by atoms with E-state index < -0.39 is 18.7 Å². The Balaban J connectivity index is 2.23. The fourth-order valence-electron chi connectivity index (χ4n) is 1.77. The lowest BCUT2D eigenvalue weighted by molar-refractivity contribution is -0.154. The van der Waals surface area contributed by atoms with Crippen molar-refractivity contribution < 1.29 is 22.7 Å². The number of amides is 1. The van der Waals surface area contributed by atoms with E-state index >= 15 is 0 Å². The van der Waals surface area contributed by atoms with E-state index in [-0.39, 0.29) is 11.4 Å². The van der Waals surface area contributed by atoms with Crippen LogP contribution in [0.15, 0.2) is 48.7 Å². The second-order valence-corrected chi connectivity index (χ2v) is 4.46. The van der Waals surface area contributed by atoms with E-state index in [9.17, 15) is 18.0 Å². The zero-order chi connectivity index (χ0) is 16.2. The lowest BCUT2D eigenvalue weighted by Gasteiger charge is -2.19. The predicted octanol–water partition coefficient (Wildman–Crippen LogP) is 3.30. The molecule has 0 fully saturated rings. The molecule has 22 heavy (non-hydrogen) atoms. The quantitative estimate of drug-likeness (QED) is 0.870. The maximum atomic E-state index is 12.4. The largest absolute Gasteiger partial charge is 0.467 e. The molecule has 0 N–H and O–H groups in total. The van der Waals surface area contributed by atoms with Crippen molar-refractivity contribution in [1.29, 1.82) is 0 Å². The first-order valence-electron chi connectivity index (χ1n) is 6.36. The zero-order valence-electron chi connectivity index (χ0n) is 11.7. The van der Waals surface area contributed by atoms with Gasteiger partial charge in [-0.15, -0.1) is 0 Å². The standard InChI is InChI=1S/C15H13F3N2O2/c1-20(11-6-3-2-4-7-11)14(21)12-8-5-9-19-13(12)22-10-15(16,17)18/h2-9H,10H2,1H3. The van der Waals surface area contributed by atoms with Crippen LogP contribution in [-0.4, -0.2) is 30.7 Å². The Hall–Kier alpha value is -2.57. The van der Waals surface area contributed by atoms with Gasteiger partial charge < -0.3 is 9.64 Å². The number of anilines is 1. The molecule has 0 atom stereocenters. The molecule has 7 heteroatoms. The number of rotatable bonds is 4. The molecule has 0 aliphatic carbocycles. The first-order chi connectivity index (χ1) is 10.4. The summed E-state index contributed by atoms with van der Waals surface area (Å²) >= 11 is 0. The Morgan fingerprint density at radius 2 is 1.86 bits per heavy atom. The molecule has 1 amide bonds. The smallest absolute Gasteiger partial charge is 0.422 e. The SMILES string of the molecule is CN(C(=O)c1cccnc1OCC(F)(F)F)c1ccccc1. The van der Waals surface area contributed by atoms with Crippen LogP contribution in [0.5, 0.6) is 5.88 Å². The Morgan fingerprint density at radius 1 is 1.18 bits per heavy atom. The molecule has 0 spiro atoms. The number of carbonyl (C=O) groups excluding carboxylic acids is 1. The van der Waals surface area contributed by atoms with Crippen molar-refractivity contribution in [3.8, 4) is 5.88 Å². The highest BCUT2D eigenvalue weighted by Gasteiger charge is 2.30. The van der Waals surface area contributed by atoms with E-state index in [1.165, 1.54) is 30.3 Å². The van der Waals surface area contributed by atoms with Gasteiger partial charge in [-0.1, -0.05) is 18.2 Å². The minimum Gasteiger partial charge on any atom is -0.467 e. The maximum absolute atomic E-state index is 12.4. The normalized spacial score (nSPS) is 11.1. The topological polar surface area (TPSA) is 42.4 Å². The third-order valence-corrected chi connectivity index (χ3v) is 2.82. The number of hydrogen-bond acceptors (Lipinski definition) is 3. The number of pyridine rings is 1. The van der Waals surface area contributed by atoms with Gasteiger partial charge in [-0.25, -0.2) is 4.98 Å². The molecule has 0 saturated carbocycles. The summed E-state index contributed by atoms with van der Waals surface area (Å²) in [6.07, 6.45) is -3.23. The second-order valence-electron chi connectivity index (χ2n) is 4.46. The van der Waals surface area contributed by atoms with Gasteiger partial charge in [-0.3, -0.25) is 4.79 Å². The van der Waals surface area contributed by atoms with Crippen molar-refractivity contribution in [2.24, 2.45) is 0 Å². The van der Waals surface area contributed by atoms with Crippen molar-refractivity contribution >= 4 is 11.6 Å². The van der Waals surface area contributed by atoms with Crippen LogP contribution in [0.2, 0.25) is 0 Å². The number of alkyl halides is 3. The van der Waals surface area contributed by atoms with Gasteiger partial charge in [0.1, 0.15) is 5.56 Å². The summed E-state index contributed by atoms with van der Waals surface area (Å²) in [5.74, 6) is -0.843. The van der Waals surface area contributed by atoms with Crippen LogP contribution in [0.1, 0.15) is 10.4 Å². The third-order valence-electron chi connectivity index (χ3n) is 2.82. The summed E-state index contributed by atoms with van der Waals surface area (Å²) in [6.45, 7) is -1.50. The molecule has 0 radical (unpaired) electrons. The van der Waals surface area contributed by atoms with Gasteiger partial charge >= 0.3 is 6.18 Å². The molecule has 1 aromatic carbocycles. The summed E-state index contributed by atoms with van der Waals surface area (Å²) in [6, 6.07) is 11.6. The predicted molar refractivity (Wildman–Crippen MR) is 75.0 cm³/mol. The minimum absolute atomic E-state index is 0.0295. The van der Waals surface area contributed by atoms with E-state index in [1.807, 2.05) is 0 Å². The molecule has 0 aliphatic rings. The maximum Gasteiger partial charge on any atom is 0.422 e. The average Bonchev–Trinajstić information content (AvgIpc) is 2.52. The summed E-state index contributed by atoms with van der Waals surface area (Å²) in [5, 5.41) is 0. The monoisotopic (exact) mass is 310 g/mol. The lowest BCUT2D eigenvalue weighted by Crippen LogP contribution is -2.28. The van der Waals surface area contributed by atoms with Gasteiger partial charge in [-0.2, -0.15) is 13.2 Å². The van der Waals surface area contributed by atoms with E-state index in [1.54, 1.807) is 30.3 Å². The highest BCUT2D eigenvalue weighted by atomic mass is 19.4. The molecule has 4 nitrogen and oxygen atoms in total. The Morgan fingerprint density at radius 3 is 2.50 bits per heavy atom. The third kappa shape index (κ3) is 3.97. The van der Waals surface area contributed by atoms with Gasteiger partial charge in [0.25, 0.3) is 5.91 Å². The molecular formula is C15H13F3N2O2. The van der Waals surface area contributed by atoms with E-state index in [2.05, 4.69) is 9.72 Å². The van der Waals surface area contributed by atoms with E-state index in [4.69, 9.17) is 0 Å². The minimum atomic E-state index is -4.50. The van der Waals surface area contributed by atoms with Crippen LogP contribution in [0.3, 0.4) is 0 Å². The summed E-state index contributed by atoms with van der Waals surface area (Å²) in [7, 11) is 1.53. The Labute approximate surface area is 125 Å². The number of carbonyl (C=O) groups is 1. The van der Waals surface area contributed by atoms with Gasteiger partial charge in [0.2, 0.25) is 5.88 Å². The van der Waals surface area contributed by atoms with Crippen LogP contribution in [-0.2, 0) is 0 Å². The highest BCUT2D eigenvalue weighted by Crippen LogP contribution is 2.22. The Kier molecular flexibility index (Phi) is 4.65. The number of halogens is 3. The van der Waals surface area contributed by atoms with Crippen molar-refractivity contribution in [2.75, 3.05) is 18.6 Å². The van der Waals surface area contributed by atoms with E-state index in [0.29, 0.717) is 5.69 Å². The number of nitrogens with zero attached hydrogens (tertiary/aromatic N) is 2. The van der Waals surface area contributed by atoms with Crippen LogP contribution in [0.4, 0.5) is 18.9 Å². The second kappa shape index (κ2) is 6.46. The first-order valence-corrected chi connectivity index (χ1v) is 6.36. The van der Waals surface area contributed by atoms with Crippen molar-refractivity contribution in [3.05, 3.63) is 54.2 Å². The number of ether oxygens (including phenoxy) is 1. The van der Waals surface area contributed by atoms with E-state index in [0.717, 1.165) is 0 Å². The molecule has 0 aliphatic heterocycles. The lowest BCUT2D eigenvalue weighted by atomic mass is 10.2. The van der Waals surface area contributed by atoms with Crippen molar-refractivity contribution in [2.45, 2.75) is 6.18 Å². The summed E-state index contributed by atoms with van der Waals surface area (Å²) in [4.78, 5) is 17.4. The molecule has 116 valence electrons. The number of hydrogen-bond donors (Lipinski definition) is 0. The Bertz CT molecular complexity index is 645. The van der Waals surface area contributed by atoms with Crippen LogP contribution in [0, 0.1) is 0 Å². The van der Waals surface area contributed by atoms with Gasteiger partial charge in [-0.05, 0) is 24.3 Å². The molecule has 2 rings (SSSR count). The molecule has 1 heterocycles. The van der Waals surface area contributed by atoms with Gasteiger partial charge in [0, 0.05) is 18.9 Å². The highest BCUT2D eigenvalue weighted by molar-refractivity contribution is 6.07. The zero-order valence-corrected chi connectivity index (χ0v) is 11.7. The van der Waals surface area contributed by atoms with Crippen molar-refractivity contribution in [3.63, 3.8) is 0 Å².